The van der Waals surface area contributed by atoms with E-state index >= 15 is 0 Å². The maximum atomic E-state index is 6.31. The molecule has 3 nitrogen and oxygen atoms in total. The topological polar surface area (TPSA) is 40.7 Å². The highest BCUT2D eigenvalue weighted by molar-refractivity contribution is 6.35. The van der Waals surface area contributed by atoms with Crippen LogP contribution < -0.4 is 5.32 Å². The summed E-state index contributed by atoms with van der Waals surface area (Å²) in [5, 5.41) is 4.97. The standard InChI is InChI=1S/C15H19Cl2N3/c1-3-13(11-6-5-10(16)9-12(11)17)20-14(4-2)15-18-7-8-19-15/h5-9,13-14,20H,3-4H2,1-2H3,(H,18,19). The molecule has 1 heterocycles. The normalized spacial score (nSPS) is 14.2. The van der Waals surface area contributed by atoms with Gasteiger partial charge in [-0.25, -0.2) is 4.98 Å². The lowest BCUT2D eigenvalue weighted by Crippen LogP contribution is -2.26. The molecular formula is C15H19Cl2N3. The van der Waals surface area contributed by atoms with Gasteiger partial charge in [0.25, 0.3) is 0 Å². The summed E-state index contributed by atoms with van der Waals surface area (Å²) in [7, 11) is 0. The maximum absolute atomic E-state index is 6.31. The van der Waals surface area contributed by atoms with E-state index in [-0.39, 0.29) is 12.1 Å². The number of imidazole rings is 1. The van der Waals surface area contributed by atoms with E-state index in [0.717, 1.165) is 24.2 Å². The third-order valence-electron chi connectivity index (χ3n) is 3.41. The molecule has 2 unspecified atom stereocenters. The minimum atomic E-state index is 0.176. The lowest BCUT2D eigenvalue weighted by atomic mass is 10.0. The van der Waals surface area contributed by atoms with Gasteiger partial charge in [-0.3, -0.25) is 0 Å². The molecule has 2 rings (SSSR count). The Labute approximate surface area is 129 Å². The van der Waals surface area contributed by atoms with Crippen LogP contribution in [0.3, 0.4) is 0 Å². The molecule has 0 bridgehead atoms. The number of rotatable bonds is 6. The van der Waals surface area contributed by atoms with Crippen molar-refractivity contribution in [2.45, 2.75) is 38.8 Å². The van der Waals surface area contributed by atoms with Crippen molar-refractivity contribution in [3.05, 3.63) is 52.0 Å². The van der Waals surface area contributed by atoms with Crippen LogP contribution in [-0.2, 0) is 0 Å². The molecule has 0 fully saturated rings. The highest BCUT2D eigenvalue weighted by Crippen LogP contribution is 2.30. The Balaban J connectivity index is 2.19. The van der Waals surface area contributed by atoms with Crippen LogP contribution >= 0.6 is 23.2 Å². The monoisotopic (exact) mass is 311 g/mol. The molecular weight excluding hydrogens is 293 g/mol. The van der Waals surface area contributed by atoms with E-state index in [2.05, 4.69) is 29.1 Å². The molecule has 0 saturated heterocycles. The summed E-state index contributed by atoms with van der Waals surface area (Å²) in [5.41, 5.74) is 1.07. The zero-order valence-corrected chi connectivity index (χ0v) is 13.2. The number of hydrogen-bond donors (Lipinski definition) is 2. The number of nitrogens with zero attached hydrogens (tertiary/aromatic N) is 1. The minimum Gasteiger partial charge on any atom is -0.347 e. The van der Waals surface area contributed by atoms with Gasteiger partial charge in [-0.05, 0) is 30.5 Å². The second kappa shape index (κ2) is 7.11. The van der Waals surface area contributed by atoms with Crippen molar-refractivity contribution in [1.82, 2.24) is 15.3 Å². The highest BCUT2D eigenvalue weighted by atomic mass is 35.5. The lowest BCUT2D eigenvalue weighted by Gasteiger charge is -2.24. The van der Waals surface area contributed by atoms with Gasteiger partial charge in [0, 0.05) is 28.5 Å². The number of aromatic nitrogens is 2. The largest absolute Gasteiger partial charge is 0.347 e. The number of benzene rings is 1. The molecule has 1 aromatic carbocycles. The van der Waals surface area contributed by atoms with E-state index < -0.39 is 0 Å². The van der Waals surface area contributed by atoms with E-state index in [1.165, 1.54) is 0 Å². The Morgan fingerprint density at radius 1 is 1.20 bits per heavy atom. The van der Waals surface area contributed by atoms with E-state index in [1.807, 2.05) is 18.3 Å². The molecule has 108 valence electrons. The SMILES string of the molecule is CCC(NC(CC)c1ccc(Cl)cc1Cl)c1ncc[nH]1. The predicted molar refractivity (Wildman–Crippen MR) is 84.2 cm³/mol. The van der Waals surface area contributed by atoms with Crippen molar-refractivity contribution in [1.29, 1.82) is 0 Å². The summed E-state index contributed by atoms with van der Waals surface area (Å²) in [4.78, 5) is 7.50. The quantitative estimate of drug-likeness (QED) is 0.796. The van der Waals surface area contributed by atoms with Crippen LogP contribution in [0.1, 0.15) is 50.2 Å². The second-order valence-electron chi connectivity index (χ2n) is 4.73. The summed E-state index contributed by atoms with van der Waals surface area (Å²) in [6.45, 7) is 4.27. The van der Waals surface area contributed by atoms with Gasteiger partial charge in [-0.1, -0.05) is 43.1 Å². The molecule has 20 heavy (non-hydrogen) atoms. The predicted octanol–water partition coefficient (Wildman–Crippen LogP) is 4.91. The zero-order valence-electron chi connectivity index (χ0n) is 11.7. The third-order valence-corrected chi connectivity index (χ3v) is 3.97. The van der Waals surface area contributed by atoms with Gasteiger partial charge in [0.05, 0.1) is 6.04 Å². The van der Waals surface area contributed by atoms with Gasteiger partial charge < -0.3 is 10.3 Å². The zero-order chi connectivity index (χ0) is 14.5. The average Bonchev–Trinajstić information content (AvgIpc) is 2.95. The van der Waals surface area contributed by atoms with Crippen LogP contribution in [0.4, 0.5) is 0 Å². The molecule has 0 spiro atoms. The van der Waals surface area contributed by atoms with Crippen LogP contribution in [0.2, 0.25) is 10.0 Å². The van der Waals surface area contributed by atoms with Crippen LogP contribution in [0.15, 0.2) is 30.6 Å². The molecule has 2 N–H and O–H groups in total. The highest BCUT2D eigenvalue weighted by Gasteiger charge is 2.19. The first kappa shape index (κ1) is 15.4. The Hall–Kier alpha value is -1.03. The first-order valence-corrected chi connectivity index (χ1v) is 7.61. The van der Waals surface area contributed by atoms with Crippen LogP contribution in [0, 0.1) is 0 Å². The Kier molecular flexibility index (Phi) is 5.46. The van der Waals surface area contributed by atoms with Crippen molar-refractivity contribution >= 4 is 23.2 Å². The van der Waals surface area contributed by atoms with Crippen LogP contribution in [0.5, 0.6) is 0 Å². The van der Waals surface area contributed by atoms with Crippen LogP contribution in [0.25, 0.3) is 0 Å². The summed E-state index contributed by atoms with van der Waals surface area (Å²) >= 11 is 12.3. The van der Waals surface area contributed by atoms with Crippen molar-refractivity contribution in [2.75, 3.05) is 0 Å². The van der Waals surface area contributed by atoms with E-state index in [1.54, 1.807) is 12.3 Å². The van der Waals surface area contributed by atoms with Gasteiger partial charge >= 0.3 is 0 Å². The van der Waals surface area contributed by atoms with Crippen LogP contribution in [-0.4, -0.2) is 9.97 Å². The lowest BCUT2D eigenvalue weighted by molar-refractivity contribution is 0.414. The number of halogens is 2. The van der Waals surface area contributed by atoms with E-state index in [0.29, 0.717) is 10.0 Å². The second-order valence-corrected chi connectivity index (χ2v) is 5.57. The molecule has 2 atom stereocenters. The molecule has 0 aliphatic heterocycles. The fraction of sp³-hybridized carbons (Fsp3) is 0.400. The fourth-order valence-electron chi connectivity index (χ4n) is 2.31. The maximum Gasteiger partial charge on any atom is 0.123 e. The smallest absolute Gasteiger partial charge is 0.123 e. The first-order chi connectivity index (χ1) is 9.65. The molecule has 0 aliphatic rings. The number of aromatic amines is 1. The third kappa shape index (κ3) is 3.54. The molecule has 5 heteroatoms. The first-order valence-electron chi connectivity index (χ1n) is 6.86. The van der Waals surface area contributed by atoms with Crippen molar-refractivity contribution < 1.29 is 0 Å². The molecule has 0 aliphatic carbocycles. The summed E-state index contributed by atoms with van der Waals surface area (Å²) < 4.78 is 0. The molecule has 1 aromatic heterocycles. The van der Waals surface area contributed by atoms with Gasteiger partial charge in [0.2, 0.25) is 0 Å². The Morgan fingerprint density at radius 2 is 1.95 bits per heavy atom. The van der Waals surface area contributed by atoms with Crippen molar-refractivity contribution in [3.63, 3.8) is 0 Å². The van der Waals surface area contributed by atoms with Gasteiger partial charge in [-0.2, -0.15) is 0 Å². The molecule has 0 saturated carbocycles. The van der Waals surface area contributed by atoms with E-state index in [4.69, 9.17) is 23.2 Å². The number of nitrogens with one attached hydrogen (secondary N) is 2. The minimum absolute atomic E-state index is 0.176. The summed E-state index contributed by atoms with van der Waals surface area (Å²) in [6.07, 6.45) is 5.51. The van der Waals surface area contributed by atoms with Crippen molar-refractivity contribution in [2.24, 2.45) is 0 Å². The molecule has 0 amide bonds. The number of hydrogen-bond acceptors (Lipinski definition) is 2. The fourth-order valence-corrected chi connectivity index (χ4v) is 2.85. The number of H-pyrrole nitrogens is 1. The summed E-state index contributed by atoms with van der Waals surface area (Å²) in [6, 6.07) is 6.01. The summed E-state index contributed by atoms with van der Waals surface area (Å²) in [5.74, 6) is 0.955. The molecule has 2 aromatic rings. The van der Waals surface area contributed by atoms with Gasteiger partial charge in [-0.15, -0.1) is 0 Å². The van der Waals surface area contributed by atoms with Gasteiger partial charge in [0.15, 0.2) is 0 Å². The van der Waals surface area contributed by atoms with E-state index in [9.17, 15) is 0 Å². The average molecular weight is 312 g/mol. The van der Waals surface area contributed by atoms with Gasteiger partial charge in [0.1, 0.15) is 5.82 Å². The Bertz CT molecular complexity index is 540. The van der Waals surface area contributed by atoms with Crippen molar-refractivity contribution in [3.8, 4) is 0 Å². The molecule has 0 radical (unpaired) electrons. The Morgan fingerprint density at radius 3 is 2.50 bits per heavy atom.